The zero-order valence-electron chi connectivity index (χ0n) is 12.6. The zero-order chi connectivity index (χ0) is 15.9. The molecule has 22 heavy (non-hydrogen) atoms. The first-order valence-corrected chi connectivity index (χ1v) is 7.26. The molecule has 1 aromatic carbocycles. The van der Waals surface area contributed by atoms with Crippen LogP contribution in [0.2, 0.25) is 0 Å². The van der Waals surface area contributed by atoms with Gasteiger partial charge in [-0.05, 0) is 31.5 Å². The summed E-state index contributed by atoms with van der Waals surface area (Å²) in [6.07, 6.45) is 0.0337. The number of aliphatic carboxylic acids is 1. The van der Waals surface area contributed by atoms with Crippen molar-refractivity contribution in [3.8, 4) is 0 Å². The number of carbonyl (C=O) groups excluding carboxylic acids is 1. The van der Waals surface area contributed by atoms with Crippen LogP contribution in [0.3, 0.4) is 0 Å². The predicted molar refractivity (Wildman–Crippen MR) is 83.4 cm³/mol. The van der Waals surface area contributed by atoms with Crippen LogP contribution in [0.5, 0.6) is 0 Å². The van der Waals surface area contributed by atoms with E-state index < -0.39 is 5.97 Å². The molecule has 0 saturated heterocycles. The smallest absolute Gasteiger partial charge is 0.304 e. The fraction of sp³-hybridized carbons (Fsp3) is 0.294. The van der Waals surface area contributed by atoms with Crippen LogP contribution in [0.4, 0.5) is 5.69 Å². The highest BCUT2D eigenvalue weighted by Crippen LogP contribution is 2.38. The molecule has 2 heterocycles. The van der Waals surface area contributed by atoms with Crippen molar-refractivity contribution in [3.63, 3.8) is 0 Å². The lowest BCUT2D eigenvalue weighted by Gasteiger charge is -2.17. The number of nitrogens with one attached hydrogen (secondary N) is 1. The minimum atomic E-state index is -0.845. The third-order valence-corrected chi connectivity index (χ3v) is 4.12. The van der Waals surface area contributed by atoms with Gasteiger partial charge in [-0.2, -0.15) is 0 Å². The first-order valence-electron chi connectivity index (χ1n) is 7.26. The minimum absolute atomic E-state index is 0.0337. The number of para-hydroxylation sites is 1. The van der Waals surface area contributed by atoms with Crippen LogP contribution >= 0.6 is 0 Å². The highest BCUT2D eigenvalue weighted by atomic mass is 16.4. The van der Waals surface area contributed by atoms with E-state index in [9.17, 15) is 9.59 Å². The van der Waals surface area contributed by atoms with E-state index in [1.807, 2.05) is 44.2 Å². The molecular weight excluding hydrogens is 280 g/mol. The van der Waals surface area contributed by atoms with Gasteiger partial charge in [0.25, 0.3) is 5.91 Å². The van der Waals surface area contributed by atoms with Gasteiger partial charge in [0.2, 0.25) is 0 Å². The second-order valence-corrected chi connectivity index (χ2v) is 5.76. The summed E-state index contributed by atoms with van der Waals surface area (Å²) in [5.74, 6) is -1.08. The number of fused-ring (bicyclic) bond motifs is 1. The van der Waals surface area contributed by atoms with E-state index in [-0.39, 0.29) is 18.2 Å². The molecule has 1 unspecified atom stereocenters. The van der Waals surface area contributed by atoms with E-state index in [1.165, 1.54) is 0 Å². The van der Waals surface area contributed by atoms with Crippen LogP contribution in [0.15, 0.2) is 30.3 Å². The number of carbonyl (C=O) groups is 2. The molecule has 1 aromatic heterocycles. The third kappa shape index (κ3) is 2.39. The molecule has 5 nitrogen and oxygen atoms in total. The van der Waals surface area contributed by atoms with Crippen molar-refractivity contribution in [3.05, 3.63) is 52.8 Å². The predicted octanol–water partition coefficient (Wildman–Crippen LogP) is 2.85. The number of aromatic amines is 1. The summed E-state index contributed by atoms with van der Waals surface area (Å²) in [6, 6.07) is 9.38. The molecule has 0 bridgehead atoms. The Morgan fingerprint density at radius 3 is 2.68 bits per heavy atom. The van der Waals surface area contributed by atoms with Gasteiger partial charge < -0.3 is 15.0 Å². The number of amides is 1. The quantitative estimate of drug-likeness (QED) is 0.915. The van der Waals surface area contributed by atoms with Crippen molar-refractivity contribution in [2.24, 2.45) is 0 Å². The molecule has 2 aromatic rings. The Kier molecular flexibility index (Phi) is 3.48. The van der Waals surface area contributed by atoms with E-state index in [1.54, 1.807) is 4.90 Å². The van der Waals surface area contributed by atoms with Crippen LogP contribution in [-0.2, 0) is 4.79 Å². The summed E-state index contributed by atoms with van der Waals surface area (Å²) < 4.78 is 0. The summed E-state index contributed by atoms with van der Waals surface area (Å²) in [4.78, 5) is 28.7. The Morgan fingerprint density at radius 2 is 2.05 bits per heavy atom. The number of carboxylic acid groups (broad SMARTS) is 1. The number of anilines is 1. The molecule has 0 fully saturated rings. The lowest BCUT2D eigenvalue weighted by atomic mass is 9.98. The molecule has 1 aliphatic rings. The maximum Gasteiger partial charge on any atom is 0.304 e. The molecule has 1 aliphatic heterocycles. The molecule has 2 N–H and O–H groups in total. The molecule has 1 amide bonds. The Labute approximate surface area is 128 Å². The van der Waals surface area contributed by atoms with Crippen molar-refractivity contribution in [2.75, 3.05) is 11.4 Å². The second-order valence-electron chi connectivity index (χ2n) is 5.76. The summed E-state index contributed by atoms with van der Waals surface area (Å²) >= 11 is 0. The number of benzene rings is 1. The number of H-pyrrole nitrogens is 1. The van der Waals surface area contributed by atoms with Crippen molar-refractivity contribution in [2.45, 2.75) is 26.2 Å². The van der Waals surface area contributed by atoms with Crippen LogP contribution < -0.4 is 4.90 Å². The fourth-order valence-corrected chi connectivity index (χ4v) is 3.16. The molecule has 3 rings (SSSR count). The molecule has 0 radical (unpaired) electrons. The van der Waals surface area contributed by atoms with Crippen LogP contribution in [0.1, 0.15) is 39.6 Å². The van der Waals surface area contributed by atoms with Crippen LogP contribution in [-0.4, -0.2) is 28.5 Å². The number of hydrogen-bond acceptors (Lipinski definition) is 2. The van der Waals surface area contributed by atoms with E-state index >= 15 is 0 Å². The summed E-state index contributed by atoms with van der Waals surface area (Å²) in [6.45, 7) is 4.19. The third-order valence-electron chi connectivity index (χ3n) is 4.12. The first-order chi connectivity index (χ1) is 10.5. The molecule has 0 saturated carbocycles. The molecule has 0 aliphatic carbocycles. The number of aromatic nitrogens is 1. The van der Waals surface area contributed by atoms with E-state index in [0.717, 1.165) is 22.6 Å². The van der Waals surface area contributed by atoms with Gasteiger partial charge in [-0.1, -0.05) is 18.2 Å². The second kappa shape index (κ2) is 5.33. The maximum absolute atomic E-state index is 12.8. The van der Waals surface area contributed by atoms with Gasteiger partial charge in [-0.15, -0.1) is 0 Å². The Hall–Kier alpha value is -2.56. The zero-order valence-corrected chi connectivity index (χ0v) is 12.6. The normalized spacial score (nSPS) is 16.6. The van der Waals surface area contributed by atoms with Gasteiger partial charge in [0, 0.05) is 29.5 Å². The van der Waals surface area contributed by atoms with Gasteiger partial charge >= 0.3 is 5.97 Å². The van der Waals surface area contributed by atoms with E-state index in [4.69, 9.17) is 5.11 Å². The topological polar surface area (TPSA) is 73.4 Å². The van der Waals surface area contributed by atoms with Crippen molar-refractivity contribution < 1.29 is 14.7 Å². The van der Waals surface area contributed by atoms with Crippen molar-refractivity contribution in [1.29, 1.82) is 0 Å². The molecule has 114 valence electrons. The molecule has 5 heteroatoms. The van der Waals surface area contributed by atoms with Crippen molar-refractivity contribution in [1.82, 2.24) is 4.98 Å². The van der Waals surface area contributed by atoms with Crippen LogP contribution in [0.25, 0.3) is 0 Å². The highest BCUT2D eigenvalue weighted by molar-refractivity contribution is 6.08. The van der Waals surface area contributed by atoms with Gasteiger partial charge in [-0.25, -0.2) is 0 Å². The average molecular weight is 298 g/mol. The van der Waals surface area contributed by atoms with Gasteiger partial charge in [0.15, 0.2) is 0 Å². The summed E-state index contributed by atoms with van der Waals surface area (Å²) in [5, 5.41) is 9.08. The highest BCUT2D eigenvalue weighted by Gasteiger charge is 2.34. The standard InChI is InChI=1S/C17H18N2O3/c1-10-7-14(11(2)18-10)17(22)19-9-12(8-16(20)21)13-5-3-4-6-15(13)19/h3-7,12,18H,8-9H2,1-2H3,(H,20,21). The Balaban J connectivity index is 1.97. The summed E-state index contributed by atoms with van der Waals surface area (Å²) in [5.41, 5.74) is 4.17. The molecule has 1 atom stereocenters. The van der Waals surface area contributed by atoms with E-state index in [0.29, 0.717) is 12.1 Å². The van der Waals surface area contributed by atoms with E-state index in [2.05, 4.69) is 4.98 Å². The SMILES string of the molecule is Cc1cc(C(=O)N2CC(CC(=O)O)c3ccccc32)c(C)[nH]1. The van der Waals surface area contributed by atoms with Gasteiger partial charge in [0.1, 0.15) is 0 Å². The average Bonchev–Trinajstić information content (AvgIpc) is 2.99. The molecular formula is C17H18N2O3. The Morgan fingerprint density at radius 1 is 1.32 bits per heavy atom. The largest absolute Gasteiger partial charge is 0.481 e. The lowest BCUT2D eigenvalue weighted by molar-refractivity contribution is -0.137. The van der Waals surface area contributed by atoms with Gasteiger partial charge in [-0.3, -0.25) is 9.59 Å². The number of aryl methyl sites for hydroxylation is 2. The van der Waals surface area contributed by atoms with Crippen LogP contribution in [0, 0.1) is 13.8 Å². The fourth-order valence-electron chi connectivity index (χ4n) is 3.16. The number of rotatable bonds is 3. The molecule has 0 spiro atoms. The number of hydrogen-bond donors (Lipinski definition) is 2. The summed E-state index contributed by atoms with van der Waals surface area (Å²) in [7, 11) is 0. The lowest BCUT2D eigenvalue weighted by Crippen LogP contribution is -2.30. The number of nitrogens with zero attached hydrogens (tertiary/aromatic N) is 1. The Bertz CT molecular complexity index is 748. The number of carboxylic acids is 1. The van der Waals surface area contributed by atoms with Gasteiger partial charge in [0.05, 0.1) is 12.0 Å². The maximum atomic E-state index is 12.8. The van der Waals surface area contributed by atoms with Crippen molar-refractivity contribution >= 4 is 17.6 Å². The minimum Gasteiger partial charge on any atom is -0.481 e. The monoisotopic (exact) mass is 298 g/mol. The first kappa shape index (κ1) is 14.4.